The van der Waals surface area contributed by atoms with E-state index in [0.29, 0.717) is 22.8 Å². The zero-order valence-electron chi connectivity index (χ0n) is 18.5. The summed E-state index contributed by atoms with van der Waals surface area (Å²) in [7, 11) is 0. The molecule has 0 spiro atoms. The summed E-state index contributed by atoms with van der Waals surface area (Å²) in [5.41, 5.74) is 1.59. The SMILES string of the molecule is C[C@H](Nc1cncc(-c2cccc(O)c2)n1)c1cccc(NC(=O)c2cccc(C(F)(F)F)c2)c1. The molecule has 35 heavy (non-hydrogen) atoms. The molecule has 0 radical (unpaired) electrons. The van der Waals surface area contributed by atoms with Crippen LogP contribution in [0.2, 0.25) is 0 Å². The van der Waals surface area contributed by atoms with Crippen LogP contribution >= 0.6 is 0 Å². The molecule has 0 saturated carbocycles. The lowest BCUT2D eigenvalue weighted by molar-refractivity contribution is -0.137. The second-order valence-electron chi connectivity index (χ2n) is 7.86. The largest absolute Gasteiger partial charge is 0.508 e. The van der Waals surface area contributed by atoms with Crippen molar-refractivity contribution in [3.63, 3.8) is 0 Å². The van der Waals surface area contributed by atoms with Gasteiger partial charge in [0.25, 0.3) is 5.91 Å². The first-order chi connectivity index (χ1) is 16.7. The highest BCUT2D eigenvalue weighted by molar-refractivity contribution is 6.04. The molecule has 0 aliphatic rings. The van der Waals surface area contributed by atoms with Crippen molar-refractivity contribution in [2.24, 2.45) is 0 Å². The van der Waals surface area contributed by atoms with Crippen molar-refractivity contribution in [2.75, 3.05) is 10.6 Å². The average molecular weight is 478 g/mol. The first-order valence-electron chi connectivity index (χ1n) is 10.7. The van der Waals surface area contributed by atoms with E-state index in [9.17, 15) is 23.1 Å². The molecule has 178 valence electrons. The zero-order chi connectivity index (χ0) is 25.0. The summed E-state index contributed by atoms with van der Waals surface area (Å²) >= 11 is 0. The van der Waals surface area contributed by atoms with Crippen LogP contribution in [0.1, 0.15) is 34.5 Å². The van der Waals surface area contributed by atoms with Gasteiger partial charge in [-0.3, -0.25) is 9.78 Å². The highest BCUT2D eigenvalue weighted by Crippen LogP contribution is 2.30. The molecule has 1 aromatic heterocycles. The van der Waals surface area contributed by atoms with E-state index in [1.165, 1.54) is 12.1 Å². The van der Waals surface area contributed by atoms with Gasteiger partial charge in [0, 0.05) is 16.8 Å². The van der Waals surface area contributed by atoms with E-state index in [1.807, 2.05) is 19.1 Å². The van der Waals surface area contributed by atoms with Crippen LogP contribution in [0.3, 0.4) is 0 Å². The molecule has 0 bridgehead atoms. The minimum atomic E-state index is -4.53. The molecule has 0 fully saturated rings. The van der Waals surface area contributed by atoms with E-state index in [2.05, 4.69) is 20.6 Å². The Morgan fingerprint density at radius 1 is 0.971 bits per heavy atom. The van der Waals surface area contributed by atoms with Gasteiger partial charge in [0.2, 0.25) is 0 Å². The predicted molar refractivity (Wildman–Crippen MR) is 127 cm³/mol. The minimum Gasteiger partial charge on any atom is -0.508 e. The van der Waals surface area contributed by atoms with Crippen LogP contribution < -0.4 is 10.6 Å². The van der Waals surface area contributed by atoms with E-state index in [0.717, 1.165) is 17.7 Å². The zero-order valence-corrected chi connectivity index (χ0v) is 18.5. The lowest BCUT2D eigenvalue weighted by Crippen LogP contribution is -2.14. The number of phenolic OH excluding ortho intramolecular Hbond substituents is 1. The maximum absolute atomic E-state index is 13.0. The lowest BCUT2D eigenvalue weighted by Gasteiger charge is -2.17. The number of carbonyl (C=O) groups excluding carboxylic acids is 1. The van der Waals surface area contributed by atoms with Crippen LogP contribution in [-0.2, 0) is 6.18 Å². The molecule has 0 aliphatic heterocycles. The molecular formula is C26H21F3N4O2. The molecule has 4 rings (SSSR count). The predicted octanol–water partition coefficient (Wildman–Crippen LogP) is 6.29. The number of aromatic nitrogens is 2. The van der Waals surface area contributed by atoms with E-state index in [1.54, 1.807) is 48.8 Å². The Bertz CT molecular complexity index is 1360. The quantitative estimate of drug-likeness (QED) is 0.303. The van der Waals surface area contributed by atoms with E-state index >= 15 is 0 Å². The molecule has 1 amide bonds. The van der Waals surface area contributed by atoms with Crippen LogP contribution in [0.15, 0.2) is 85.2 Å². The van der Waals surface area contributed by atoms with Gasteiger partial charge in [-0.05, 0) is 55.0 Å². The van der Waals surface area contributed by atoms with E-state index in [4.69, 9.17) is 0 Å². The van der Waals surface area contributed by atoms with Gasteiger partial charge in [0.15, 0.2) is 0 Å². The summed E-state index contributed by atoms with van der Waals surface area (Å²) in [6.45, 7) is 1.90. The van der Waals surface area contributed by atoms with Gasteiger partial charge in [-0.1, -0.05) is 30.3 Å². The molecule has 3 N–H and O–H groups in total. The smallest absolute Gasteiger partial charge is 0.416 e. The van der Waals surface area contributed by atoms with Crippen molar-refractivity contribution >= 4 is 17.4 Å². The Morgan fingerprint density at radius 3 is 2.51 bits per heavy atom. The van der Waals surface area contributed by atoms with Crippen molar-refractivity contribution < 1.29 is 23.1 Å². The monoisotopic (exact) mass is 478 g/mol. The minimum absolute atomic E-state index is 0.0876. The number of alkyl halides is 3. The molecule has 0 aliphatic carbocycles. The van der Waals surface area contributed by atoms with Crippen molar-refractivity contribution in [1.82, 2.24) is 9.97 Å². The van der Waals surface area contributed by atoms with Crippen LogP contribution in [0.4, 0.5) is 24.7 Å². The topological polar surface area (TPSA) is 87.1 Å². The highest BCUT2D eigenvalue weighted by atomic mass is 19.4. The number of nitrogens with one attached hydrogen (secondary N) is 2. The fraction of sp³-hybridized carbons (Fsp3) is 0.115. The van der Waals surface area contributed by atoms with Crippen LogP contribution in [0.25, 0.3) is 11.3 Å². The molecule has 6 nitrogen and oxygen atoms in total. The number of anilines is 2. The number of benzene rings is 3. The Balaban J connectivity index is 1.47. The van der Waals surface area contributed by atoms with E-state index in [-0.39, 0.29) is 17.4 Å². The van der Waals surface area contributed by atoms with Gasteiger partial charge >= 0.3 is 6.18 Å². The summed E-state index contributed by atoms with van der Waals surface area (Å²) in [5, 5.41) is 15.6. The third-order valence-corrected chi connectivity index (χ3v) is 5.24. The summed E-state index contributed by atoms with van der Waals surface area (Å²) < 4.78 is 38.9. The van der Waals surface area contributed by atoms with Gasteiger partial charge in [0.1, 0.15) is 11.6 Å². The lowest BCUT2D eigenvalue weighted by atomic mass is 10.1. The number of nitrogens with zero attached hydrogens (tertiary/aromatic N) is 2. The first kappa shape index (κ1) is 23.7. The third kappa shape index (κ3) is 5.94. The Hall–Kier alpha value is -4.40. The number of hydrogen-bond donors (Lipinski definition) is 3. The van der Waals surface area contributed by atoms with Crippen LogP contribution in [-0.4, -0.2) is 21.0 Å². The highest BCUT2D eigenvalue weighted by Gasteiger charge is 2.30. The normalized spacial score (nSPS) is 12.1. The Labute approximate surface area is 199 Å². The first-order valence-corrected chi connectivity index (χ1v) is 10.7. The fourth-order valence-corrected chi connectivity index (χ4v) is 3.47. The van der Waals surface area contributed by atoms with Crippen LogP contribution in [0.5, 0.6) is 5.75 Å². The molecule has 4 aromatic rings. The number of hydrogen-bond acceptors (Lipinski definition) is 5. The van der Waals surface area contributed by atoms with Gasteiger partial charge in [-0.15, -0.1) is 0 Å². The number of phenols is 1. The Morgan fingerprint density at radius 2 is 1.74 bits per heavy atom. The number of rotatable bonds is 6. The fourth-order valence-electron chi connectivity index (χ4n) is 3.47. The molecule has 0 unspecified atom stereocenters. The van der Waals surface area contributed by atoms with Gasteiger partial charge in [-0.2, -0.15) is 13.2 Å². The number of amides is 1. The molecule has 9 heteroatoms. The van der Waals surface area contributed by atoms with Crippen molar-refractivity contribution in [3.05, 3.63) is 102 Å². The number of aromatic hydroxyl groups is 1. The molecular weight excluding hydrogens is 457 g/mol. The van der Waals surface area contributed by atoms with Crippen LogP contribution in [0, 0.1) is 0 Å². The molecule has 0 saturated heterocycles. The molecule has 1 atom stereocenters. The number of halogens is 3. The Kier molecular flexibility index (Phi) is 6.68. The maximum Gasteiger partial charge on any atom is 0.416 e. The summed E-state index contributed by atoms with van der Waals surface area (Å²) in [4.78, 5) is 21.3. The van der Waals surface area contributed by atoms with Crippen molar-refractivity contribution in [1.29, 1.82) is 0 Å². The van der Waals surface area contributed by atoms with E-state index < -0.39 is 17.6 Å². The second-order valence-corrected chi connectivity index (χ2v) is 7.86. The van der Waals surface area contributed by atoms with Gasteiger partial charge in [0.05, 0.1) is 29.7 Å². The average Bonchev–Trinajstić information content (AvgIpc) is 2.84. The second kappa shape index (κ2) is 9.84. The molecule has 1 heterocycles. The van der Waals surface area contributed by atoms with Crippen molar-refractivity contribution in [3.8, 4) is 17.0 Å². The maximum atomic E-state index is 13.0. The summed E-state index contributed by atoms with van der Waals surface area (Å²) in [5.74, 6) is -0.00434. The van der Waals surface area contributed by atoms with Gasteiger partial charge in [-0.25, -0.2) is 4.98 Å². The summed E-state index contributed by atoms with van der Waals surface area (Å²) in [6, 6.07) is 17.7. The van der Waals surface area contributed by atoms with Gasteiger partial charge < -0.3 is 15.7 Å². The standard InChI is InChI=1S/C26H21F3N4O2/c1-16(31-24-15-30-14-23(33-24)18-6-4-10-22(34)13-18)17-5-3-9-21(12-17)32-25(35)19-7-2-8-20(11-19)26(27,28)29/h2-16,34H,1H3,(H,31,33)(H,32,35)/t16-/m0/s1. The number of carbonyl (C=O) groups is 1. The summed E-state index contributed by atoms with van der Waals surface area (Å²) in [6.07, 6.45) is -1.37. The third-order valence-electron chi connectivity index (χ3n) is 5.24. The molecule has 3 aromatic carbocycles. The van der Waals surface area contributed by atoms with Crippen molar-refractivity contribution in [2.45, 2.75) is 19.1 Å².